The highest BCUT2D eigenvalue weighted by Crippen LogP contribution is 2.31. The molecule has 0 saturated carbocycles. The molecule has 7 nitrogen and oxygen atoms in total. The molecule has 3 aromatic rings. The third-order valence-corrected chi connectivity index (χ3v) is 5.68. The average Bonchev–Trinajstić information content (AvgIpc) is 3.00. The Morgan fingerprint density at radius 2 is 1.97 bits per heavy atom. The minimum Gasteiger partial charge on any atom is -0.444 e. The van der Waals surface area contributed by atoms with Gasteiger partial charge >= 0.3 is 6.09 Å². The Labute approximate surface area is 175 Å². The lowest BCUT2D eigenvalue weighted by Gasteiger charge is -2.34. The summed E-state index contributed by atoms with van der Waals surface area (Å²) >= 11 is 3.52. The Kier molecular flexibility index (Phi) is 4.88. The molecule has 3 heterocycles. The number of hydrogen-bond donors (Lipinski definition) is 0. The van der Waals surface area contributed by atoms with E-state index in [0.29, 0.717) is 37.1 Å². The van der Waals surface area contributed by atoms with Gasteiger partial charge in [-0.05, 0) is 61.7 Å². The van der Waals surface area contributed by atoms with Crippen LogP contribution in [0.4, 0.5) is 9.18 Å². The third kappa shape index (κ3) is 3.63. The third-order valence-electron chi connectivity index (χ3n) is 5.02. The van der Waals surface area contributed by atoms with Gasteiger partial charge in [-0.15, -0.1) is 0 Å². The van der Waals surface area contributed by atoms with Crippen molar-refractivity contribution in [3.8, 4) is 0 Å². The fourth-order valence-electron chi connectivity index (χ4n) is 3.76. The lowest BCUT2D eigenvalue weighted by atomic mass is 10.0. The maximum Gasteiger partial charge on any atom is 0.410 e. The molecule has 1 aliphatic heterocycles. The molecule has 4 rings (SSSR count). The van der Waals surface area contributed by atoms with Crippen LogP contribution in [0.2, 0.25) is 0 Å². The first-order chi connectivity index (χ1) is 13.7. The average molecular weight is 465 g/mol. The number of hydrogen-bond acceptors (Lipinski definition) is 4. The highest BCUT2D eigenvalue weighted by atomic mass is 79.9. The predicted molar refractivity (Wildman–Crippen MR) is 111 cm³/mol. The van der Waals surface area contributed by atoms with Gasteiger partial charge in [0.05, 0.1) is 17.1 Å². The Morgan fingerprint density at radius 1 is 1.28 bits per heavy atom. The molecule has 154 valence electrons. The standard InChI is InChI=1S/C20H22BrFN4O3/c1-20(2,3)29-19(28)24-9-7-12(8-10-24)26-17-16-13(21)5-4-6-15(16)23-25(17)11-14(22)18(26)27/h4-6,11-12H,7-10H2,1-3H3. The Balaban J connectivity index is 1.72. The summed E-state index contributed by atoms with van der Waals surface area (Å²) in [6.07, 6.45) is 1.80. The summed E-state index contributed by atoms with van der Waals surface area (Å²) < 4.78 is 23.5. The SMILES string of the molecule is CC(C)(C)OC(=O)N1CCC(n2c(=O)c(F)cn3nc4cccc(Br)c4c23)CC1. The molecule has 0 radical (unpaired) electrons. The summed E-state index contributed by atoms with van der Waals surface area (Å²) in [5.74, 6) is -0.851. The van der Waals surface area contributed by atoms with Crippen LogP contribution in [0, 0.1) is 5.82 Å². The van der Waals surface area contributed by atoms with Crippen LogP contribution in [0.25, 0.3) is 16.6 Å². The van der Waals surface area contributed by atoms with Crippen LogP contribution in [-0.4, -0.2) is 43.9 Å². The van der Waals surface area contributed by atoms with E-state index in [1.165, 1.54) is 9.08 Å². The molecule has 1 aromatic carbocycles. The van der Waals surface area contributed by atoms with E-state index in [-0.39, 0.29) is 12.1 Å². The van der Waals surface area contributed by atoms with Gasteiger partial charge in [0.2, 0.25) is 5.82 Å². The smallest absolute Gasteiger partial charge is 0.410 e. The van der Waals surface area contributed by atoms with Crippen molar-refractivity contribution >= 4 is 38.6 Å². The number of benzene rings is 1. The van der Waals surface area contributed by atoms with E-state index in [1.807, 2.05) is 39.0 Å². The van der Waals surface area contributed by atoms with Gasteiger partial charge in [-0.3, -0.25) is 9.36 Å². The van der Waals surface area contributed by atoms with E-state index in [2.05, 4.69) is 21.0 Å². The molecule has 0 aliphatic carbocycles. The monoisotopic (exact) mass is 464 g/mol. The topological polar surface area (TPSA) is 68.8 Å². The first-order valence-corrected chi connectivity index (χ1v) is 10.3. The van der Waals surface area contributed by atoms with Crippen molar-refractivity contribution in [1.29, 1.82) is 0 Å². The van der Waals surface area contributed by atoms with Crippen molar-refractivity contribution in [3.05, 3.63) is 45.0 Å². The number of piperidine rings is 1. The van der Waals surface area contributed by atoms with Gasteiger partial charge in [-0.1, -0.05) is 6.07 Å². The normalized spacial score (nSPS) is 16.0. The summed E-state index contributed by atoms with van der Waals surface area (Å²) in [6, 6.07) is 5.29. The quantitative estimate of drug-likeness (QED) is 0.542. The molecule has 1 aliphatic rings. The van der Waals surface area contributed by atoms with E-state index in [4.69, 9.17) is 4.74 Å². The van der Waals surface area contributed by atoms with Crippen molar-refractivity contribution in [2.45, 2.75) is 45.3 Å². The number of nitrogens with zero attached hydrogens (tertiary/aromatic N) is 4. The largest absolute Gasteiger partial charge is 0.444 e. The number of amides is 1. The zero-order valence-electron chi connectivity index (χ0n) is 16.5. The van der Waals surface area contributed by atoms with Crippen LogP contribution in [0.1, 0.15) is 39.7 Å². The highest BCUT2D eigenvalue weighted by molar-refractivity contribution is 9.10. The van der Waals surface area contributed by atoms with Crippen molar-refractivity contribution in [2.75, 3.05) is 13.1 Å². The summed E-state index contributed by atoms with van der Waals surface area (Å²) in [7, 11) is 0. The second kappa shape index (κ2) is 7.12. The van der Waals surface area contributed by atoms with Crippen molar-refractivity contribution in [1.82, 2.24) is 19.1 Å². The fourth-order valence-corrected chi connectivity index (χ4v) is 4.30. The zero-order chi connectivity index (χ0) is 20.9. The summed E-state index contributed by atoms with van der Waals surface area (Å²) in [5.41, 5.74) is -0.0211. The van der Waals surface area contributed by atoms with Crippen LogP contribution >= 0.6 is 15.9 Å². The maximum absolute atomic E-state index is 14.4. The van der Waals surface area contributed by atoms with Gasteiger partial charge in [0.25, 0.3) is 5.56 Å². The zero-order valence-corrected chi connectivity index (χ0v) is 18.1. The number of ether oxygens (including phenoxy) is 1. The van der Waals surface area contributed by atoms with Crippen LogP contribution in [0.15, 0.2) is 33.7 Å². The highest BCUT2D eigenvalue weighted by Gasteiger charge is 2.30. The molecule has 0 bridgehead atoms. The predicted octanol–water partition coefficient (Wildman–Crippen LogP) is 4.12. The van der Waals surface area contributed by atoms with Gasteiger partial charge < -0.3 is 9.64 Å². The molecule has 9 heteroatoms. The van der Waals surface area contributed by atoms with Crippen LogP contribution in [0.3, 0.4) is 0 Å². The van der Waals surface area contributed by atoms with E-state index < -0.39 is 17.0 Å². The Bertz CT molecular complexity index is 1160. The molecule has 0 unspecified atom stereocenters. The van der Waals surface area contributed by atoms with Gasteiger partial charge in [0, 0.05) is 23.6 Å². The molecule has 0 atom stereocenters. The fraction of sp³-hybridized carbons (Fsp3) is 0.450. The minimum atomic E-state index is -0.851. The van der Waals surface area contributed by atoms with Crippen LogP contribution in [0.5, 0.6) is 0 Å². The molecule has 0 N–H and O–H groups in total. The van der Waals surface area contributed by atoms with Gasteiger partial charge in [0.15, 0.2) is 0 Å². The molecule has 2 aromatic heterocycles. The molecule has 0 spiro atoms. The number of rotatable bonds is 1. The number of aromatic nitrogens is 3. The van der Waals surface area contributed by atoms with E-state index in [0.717, 1.165) is 16.1 Å². The Hall–Kier alpha value is -2.42. The summed E-state index contributed by atoms with van der Waals surface area (Å²) in [5, 5.41) is 5.18. The molecule has 1 amide bonds. The lowest BCUT2D eigenvalue weighted by Crippen LogP contribution is -2.43. The number of carbonyl (C=O) groups is 1. The summed E-state index contributed by atoms with van der Waals surface area (Å²) in [6.45, 7) is 6.33. The molecular weight excluding hydrogens is 443 g/mol. The molecule has 1 saturated heterocycles. The van der Waals surface area contributed by atoms with Gasteiger partial charge in [-0.2, -0.15) is 9.49 Å². The molecule has 29 heavy (non-hydrogen) atoms. The van der Waals surface area contributed by atoms with E-state index >= 15 is 0 Å². The number of carbonyl (C=O) groups excluding carboxylic acids is 1. The number of likely N-dealkylation sites (tertiary alicyclic amines) is 1. The lowest BCUT2D eigenvalue weighted by molar-refractivity contribution is 0.0188. The molecular formula is C20H22BrFN4O3. The maximum atomic E-state index is 14.4. The first-order valence-electron chi connectivity index (χ1n) is 9.51. The second-order valence-electron chi connectivity index (χ2n) is 8.25. The molecule has 1 fully saturated rings. The van der Waals surface area contributed by atoms with Crippen LogP contribution in [-0.2, 0) is 4.74 Å². The first kappa shape index (κ1) is 19.9. The van der Waals surface area contributed by atoms with Gasteiger partial charge in [0.1, 0.15) is 11.2 Å². The number of fused-ring (bicyclic) bond motifs is 3. The van der Waals surface area contributed by atoms with Crippen molar-refractivity contribution in [2.24, 2.45) is 0 Å². The Morgan fingerprint density at radius 3 is 2.62 bits per heavy atom. The van der Waals surface area contributed by atoms with Gasteiger partial charge in [-0.25, -0.2) is 9.31 Å². The summed E-state index contributed by atoms with van der Waals surface area (Å²) in [4.78, 5) is 26.7. The van der Waals surface area contributed by atoms with Crippen molar-refractivity contribution < 1.29 is 13.9 Å². The second-order valence-corrected chi connectivity index (χ2v) is 9.11. The van der Waals surface area contributed by atoms with Crippen LogP contribution < -0.4 is 5.56 Å². The van der Waals surface area contributed by atoms with E-state index in [1.54, 1.807) is 4.90 Å². The van der Waals surface area contributed by atoms with E-state index in [9.17, 15) is 14.0 Å². The number of halogens is 2. The minimum absolute atomic E-state index is 0.244. The van der Waals surface area contributed by atoms with Crippen molar-refractivity contribution in [3.63, 3.8) is 0 Å².